The highest BCUT2D eigenvalue weighted by molar-refractivity contribution is 7.33. The third-order valence-electron chi connectivity index (χ3n) is 17.0. The van der Waals surface area contributed by atoms with E-state index in [1.807, 2.05) is 0 Å². The van der Waals surface area contributed by atoms with Crippen molar-refractivity contribution in [3.05, 3.63) is 123 Å². The van der Waals surface area contributed by atoms with Crippen molar-refractivity contribution in [2.75, 3.05) is 9.80 Å². The Hall–Kier alpha value is -4.28. The predicted octanol–water partition coefficient (Wildman–Crippen LogP) is 16.2. The monoisotopic (exact) mass is 893 g/mol. The van der Waals surface area contributed by atoms with Crippen LogP contribution in [0.1, 0.15) is 193 Å². The molecule has 4 heteroatoms. The number of anilines is 6. The van der Waals surface area contributed by atoms with Crippen molar-refractivity contribution >= 4 is 78.0 Å². The molecule has 0 unspecified atom stereocenters. The van der Waals surface area contributed by atoms with E-state index in [0.29, 0.717) is 0 Å². The molecule has 6 aromatic rings. The molecule has 5 aromatic carbocycles. The van der Waals surface area contributed by atoms with Gasteiger partial charge in [0, 0.05) is 37.6 Å². The van der Waals surface area contributed by atoms with Crippen molar-refractivity contribution in [2.45, 2.75) is 195 Å². The fourth-order valence-corrected chi connectivity index (χ4v) is 13.7. The minimum absolute atomic E-state index is 0.0449. The highest BCUT2D eigenvalue weighted by Crippen LogP contribution is 2.55. The Morgan fingerprint density at radius 1 is 0.470 bits per heavy atom. The van der Waals surface area contributed by atoms with Crippen LogP contribution in [0.3, 0.4) is 0 Å². The largest absolute Gasteiger partial charge is 0.311 e. The molecule has 0 saturated heterocycles. The highest BCUT2D eigenvalue weighted by Gasteiger charge is 2.49. The first-order valence-electron chi connectivity index (χ1n) is 25.2. The molecule has 0 radical (unpaired) electrons. The van der Waals surface area contributed by atoms with Crippen molar-refractivity contribution in [1.29, 1.82) is 0 Å². The van der Waals surface area contributed by atoms with Crippen LogP contribution in [0.4, 0.5) is 34.1 Å². The lowest BCUT2D eigenvalue weighted by molar-refractivity contribution is 0.332. The third kappa shape index (κ3) is 6.82. The first-order chi connectivity index (χ1) is 30.4. The first-order valence-corrected chi connectivity index (χ1v) is 26.0. The summed E-state index contributed by atoms with van der Waals surface area (Å²) in [6.45, 7) is 46.0. The van der Waals surface area contributed by atoms with E-state index in [9.17, 15) is 0 Å². The lowest BCUT2D eigenvalue weighted by atomic mass is 9.35. The Labute approximate surface area is 403 Å². The van der Waals surface area contributed by atoms with Gasteiger partial charge in [0.25, 0.3) is 6.71 Å². The molecule has 10 rings (SSSR count). The zero-order chi connectivity index (χ0) is 47.8. The van der Waals surface area contributed by atoms with Crippen LogP contribution in [0.2, 0.25) is 0 Å². The summed E-state index contributed by atoms with van der Waals surface area (Å²) in [5.74, 6) is 0. The normalized spacial score (nSPS) is 19.0. The van der Waals surface area contributed by atoms with Gasteiger partial charge in [-0.25, -0.2) is 0 Å². The average Bonchev–Trinajstić information content (AvgIpc) is 3.58. The van der Waals surface area contributed by atoms with Crippen molar-refractivity contribution in [3.63, 3.8) is 0 Å². The van der Waals surface area contributed by atoms with E-state index in [1.54, 1.807) is 0 Å². The number of aryl methyl sites for hydroxylation is 2. The number of benzene rings is 5. The first kappa shape index (κ1) is 45.5. The minimum atomic E-state index is -0.0948. The van der Waals surface area contributed by atoms with Gasteiger partial charge in [0.2, 0.25) is 0 Å². The quantitative estimate of drug-likeness (QED) is 0.160. The second-order valence-corrected chi connectivity index (χ2v) is 28.1. The molecule has 66 heavy (non-hydrogen) atoms. The molecule has 344 valence electrons. The van der Waals surface area contributed by atoms with Crippen LogP contribution in [-0.2, 0) is 37.9 Å². The Balaban J connectivity index is 1.39. The van der Waals surface area contributed by atoms with Gasteiger partial charge < -0.3 is 9.80 Å². The molecule has 0 N–H and O–H groups in total. The Kier molecular flexibility index (Phi) is 9.76. The molecule has 0 amide bonds. The van der Waals surface area contributed by atoms with E-state index in [-0.39, 0.29) is 44.6 Å². The van der Waals surface area contributed by atoms with Crippen molar-refractivity contribution in [3.8, 4) is 0 Å². The summed E-state index contributed by atoms with van der Waals surface area (Å²) in [4.78, 5) is 5.47. The van der Waals surface area contributed by atoms with Crippen LogP contribution in [0.15, 0.2) is 72.8 Å². The van der Waals surface area contributed by atoms with Gasteiger partial charge >= 0.3 is 0 Å². The number of thiophene rings is 1. The van der Waals surface area contributed by atoms with E-state index in [4.69, 9.17) is 0 Å². The van der Waals surface area contributed by atoms with Crippen LogP contribution in [0.5, 0.6) is 0 Å². The summed E-state index contributed by atoms with van der Waals surface area (Å²) in [7, 11) is 0. The number of fused-ring (bicyclic) bond motifs is 8. The zero-order valence-corrected chi connectivity index (χ0v) is 45.0. The van der Waals surface area contributed by atoms with Gasteiger partial charge in [-0.2, -0.15) is 0 Å². The SMILES string of the molecule is Cc1cc(C(C)(C)C)cc(C)c1N1c2cc3c(cc2B2c4sc5cc6c(cc5c4N(c4ccc(C(C)(C)C)cc4)c4cc(C(C)(C)C)cc1c42)C(C)(C)CCC6(C)C)C(C)(C)CCC3(C)C. The summed E-state index contributed by atoms with van der Waals surface area (Å²) in [6, 6.07) is 30.5. The van der Waals surface area contributed by atoms with Crippen LogP contribution >= 0.6 is 11.3 Å². The molecular weight excluding hydrogens is 816 g/mol. The van der Waals surface area contributed by atoms with Gasteiger partial charge in [-0.3, -0.25) is 0 Å². The van der Waals surface area contributed by atoms with Gasteiger partial charge in [0.15, 0.2) is 0 Å². The summed E-state index contributed by atoms with van der Waals surface area (Å²) < 4.78 is 2.89. The predicted molar refractivity (Wildman–Crippen MR) is 292 cm³/mol. The molecule has 2 aliphatic heterocycles. The number of nitrogens with zero attached hydrogens (tertiary/aromatic N) is 2. The molecule has 2 nitrogen and oxygen atoms in total. The second-order valence-electron chi connectivity index (χ2n) is 27.0. The van der Waals surface area contributed by atoms with E-state index >= 15 is 0 Å². The summed E-state index contributed by atoms with van der Waals surface area (Å²) >= 11 is 2.08. The second kappa shape index (κ2) is 14.2. The van der Waals surface area contributed by atoms with Crippen LogP contribution in [-0.4, -0.2) is 6.71 Å². The maximum Gasteiger partial charge on any atom is 0.264 e. The number of hydrogen-bond acceptors (Lipinski definition) is 3. The van der Waals surface area contributed by atoms with E-state index in [2.05, 4.69) is 225 Å². The third-order valence-corrected chi connectivity index (χ3v) is 18.3. The fourth-order valence-electron chi connectivity index (χ4n) is 12.4. The molecule has 4 aliphatic rings. The molecule has 0 atom stereocenters. The Bertz CT molecular complexity index is 2980. The molecule has 0 saturated carbocycles. The summed E-state index contributed by atoms with van der Waals surface area (Å²) in [5, 5.41) is 1.40. The molecule has 3 heterocycles. The maximum absolute atomic E-state index is 2.75. The van der Waals surface area contributed by atoms with E-state index < -0.39 is 0 Å². The van der Waals surface area contributed by atoms with Crippen LogP contribution in [0, 0.1) is 13.8 Å². The fraction of sp³-hybridized carbons (Fsp3) is 0.484. The molecule has 0 bridgehead atoms. The number of hydrogen-bond donors (Lipinski definition) is 0. The van der Waals surface area contributed by atoms with Gasteiger partial charge in [-0.05, 0) is 181 Å². The highest BCUT2D eigenvalue weighted by atomic mass is 32.1. The topological polar surface area (TPSA) is 6.48 Å². The summed E-state index contributed by atoms with van der Waals surface area (Å²) in [6.07, 6.45) is 4.78. The lowest BCUT2D eigenvalue weighted by Crippen LogP contribution is -2.61. The van der Waals surface area contributed by atoms with Gasteiger partial charge in [0.1, 0.15) is 0 Å². The number of rotatable bonds is 2. The van der Waals surface area contributed by atoms with Gasteiger partial charge in [-0.15, -0.1) is 11.3 Å². The van der Waals surface area contributed by atoms with Crippen LogP contribution in [0.25, 0.3) is 10.1 Å². The minimum Gasteiger partial charge on any atom is -0.311 e. The van der Waals surface area contributed by atoms with Gasteiger partial charge in [-0.1, -0.05) is 148 Å². The molecule has 2 aliphatic carbocycles. The van der Waals surface area contributed by atoms with Crippen molar-refractivity contribution in [1.82, 2.24) is 0 Å². The summed E-state index contributed by atoms with van der Waals surface area (Å²) in [5.41, 5.74) is 24.1. The standard InChI is InChI=1S/C62H77BN2S/c1-36-28-39(57(6,7)8)29-37(2)53(36)65-48-34-45-44(60(14,15)25-26-61(45,16)17)33-47(48)63-52-49(30-40(31-50(52)65)58(9,10)11)64(41-22-20-38(21-23-41)56(3,4)5)54-42-32-43-46(35-51(42)66-55(54)63)62(18,19)27-24-59(43,12)13/h20-23,28-35H,24-27H2,1-19H3. The smallest absolute Gasteiger partial charge is 0.264 e. The molecule has 1 aromatic heterocycles. The van der Waals surface area contributed by atoms with E-state index in [1.165, 1.54) is 136 Å². The Morgan fingerprint density at radius 2 is 0.909 bits per heavy atom. The molecule has 0 fully saturated rings. The Morgan fingerprint density at radius 3 is 1.41 bits per heavy atom. The molecule has 0 spiro atoms. The van der Waals surface area contributed by atoms with Gasteiger partial charge in [0.05, 0.1) is 11.4 Å². The molecular formula is C62H77BN2S. The van der Waals surface area contributed by atoms with Crippen LogP contribution < -0.4 is 25.5 Å². The van der Waals surface area contributed by atoms with Crippen molar-refractivity contribution < 1.29 is 0 Å². The maximum atomic E-state index is 2.75. The van der Waals surface area contributed by atoms with Crippen molar-refractivity contribution in [2.24, 2.45) is 0 Å². The van der Waals surface area contributed by atoms with E-state index in [0.717, 1.165) is 0 Å². The average molecular weight is 893 g/mol. The lowest BCUT2D eigenvalue weighted by Gasteiger charge is -2.47. The zero-order valence-electron chi connectivity index (χ0n) is 44.1.